The number of likely N-dealkylation sites (tertiary alicyclic amines) is 1. The minimum Gasteiger partial charge on any atom is -0.370 e. The molecule has 0 spiro atoms. The third kappa shape index (κ3) is 4.46. The van der Waals surface area contributed by atoms with Gasteiger partial charge in [0.15, 0.2) is 0 Å². The maximum absolute atomic E-state index is 12.7. The van der Waals surface area contributed by atoms with Crippen molar-refractivity contribution in [1.29, 1.82) is 0 Å². The van der Waals surface area contributed by atoms with Crippen molar-refractivity contribution >= 4 is 11.6 Å². The highest BCUT2D eigenvalue weighted by molar-refractivity contribution is 5.94. The van der Waals surface area contributed by atoms with Crippen molar-refractivity contribution in [3.63, 3.8) is 0 Å². The molecule has 1 fully saturated rings. The van der Waals surface area contributed by atoms with Crippen LogP contribution >= 0.6 is 0 Å². The molecule has 0 unspecified atom stereocenters. The zero-order valence-corrected chi connectivity index (χ0v) is 14.1. The van der Waals surface area contributed by atoms with E-state index < -0.39 is 0 Å². The highest BCUT2D eigenvalue weighted by Crippen LogP contribution is 2.18. The lowest BCUT2D eigenvalue weighted by Crippen LogP contribution is -2.32. The lowest BCUT2D eigenvalue weighted by atomic mass is 10.2. The summed E-state index contributed by atoms with van der Waals surface area (Å²) in [6, 6.07) is 2.02. The van der Waals surface area contributed by atoms with Crippen molar-refractivity contribution in [3.8, 4) is 0 Å². The fourth-order valence-corrected chi connectivity index (χ4v) is 3.08. The lowest BCUT2D eigenvalue weighted by molar-refractivity contribution is 0.0761. The van der Waals surface area contributed by atoms with E-state index in [-0.39, 0.29) is 5.91 Å². The molecule has 4 nitrogen and oxygen atoms in total. The van der Waals surface area contributed by atoms with Crippen LogP contribution in [0, 0.1) is 0 Å². The van der Waals surface area contributed by atoms with Gasteiger partial charge in [0, 0.05) is 32.4 Å². The quantitative estimate of drug-likeness (QED) is 0.803. The van der Waals surface area contributed by atoms with Gasteiger partial charge in [0.1, 0.15) is 0 Å². The monoisotopic (exact) mass is 303 g/mol. The molecule has 1 aromatic rings. The Morgan fingerprint density at radius 2 is 1.73 bits per heavy atom. The molecule has 0 aromatic carbocycles. The maximum Gasteiger partial charge on any atom is 0.255 e. The first kappa shape index (κ1) is 16.8. The summed E-state index contributed by atoms with van der Waals surface area (Å²) in [4.78, 5) is 21.4. The van der Waals surface area contributed by atoms with Crippen LogP contribution in [0.3, 0.4) is 0 Å². The number of nitrogens with zero attached hydrogens (tertiary/aromatic N) is 3. The van der Waals surface area contributed by atoms with Crippen LogP contribution in [0.25, 0.3) is 0 Å². The van der Waals surface area contributed by atoms with Crippen LogP contribution in [0.4, 0.5) is 5.69 Å². The highest BCUT2D eigenvalue weighted by atomic mass is 16.2. The van der Waals surface area contributed by atoms with Gasteiger partial charge in [-0.05, 0) is 31.7 Å². The molecule has 0 N–H and O–H groups in total. The number of hydrogen-bond acceptors (Lipinski definition) is 3. The molecular weight excluding hydrogens is 274 g/mol. The van der Waals surface area contributed by atoms with Gasteiger partial charge in [-0.15, -0.1) is 0 Å². The summed E-state index contributed by atoms with van der Waals surface area (Å²) >= 11 is 0. The second kappa shape index (κ2) is 8.76. The standard InChI is InChI=1S/C18H29N3O/c1-3-9-20(10-4-2)17-13-16(14-19-15-17)18(22)21-11-7-5-6-8-12-21/h13-15H,3-12H2,1-2H3. The molecule has 1 amide bonds. The van der Waals surface area contributed by atoms with E-state index in [2.05, 4.69) is 23.7 Å². The Labute approximate surface area is 134 Å². The average Bonchev–Trinajstić information content (AvgIpc) is 2.83. The van der Waals surface area contributed by atoms with Gasteiger partial charge in [-0.25, -0.2) is 0 Å². The predicted octanol–water partition coefficient (Wildman–Crippen LogP) is 3.72. The summed E-state index contributed by atoms with van der Waals surface area (Å²) < 4.78 is 0. The molecule has 1 aliphatic rings. The molecule has 0 aliphatic carbocycles. The summed E-state index contributed by atoms with van der Waals surface area (Å²) in [5, 5.41) is 0. The van der Waals surface area contributed by atoms with E-state index in [1.807, 2.05) is 17.2 Å². The zero-order valence-electron chi connectivity index (χ0n) is 14.1. The second-order valence-electron chi connectivity index (χ2n) is 6.13. The summed E-state index contributed by atoms with van der Waals surface area (Å²) in [5.74, 6) is 0.143. The summed E-state index contributed by atoms with van der Waals surface area (Å²) in [6.07, 6.45) is 10.5. The van der Waals surface area contributed by atoms with Gasteiger partial charge in [0.25, 0.3) is 5.91 Å². The molecule has 4 heteroatoms. The number of carbonyl (C=O) groups is 1. The van der Waals surface area contributed by atoms with Crippen molar-refractivity contribution in [3.05, 3.63) is 24.0 Å². The summed E-state index contributed by atoms with van der Waals surface area (Å²) in [7, 11) is 0. The topological polar surface area (TPSA) is 36.4 Å². The molecule has 2 heterocycles. The third-order valence-corrected chi connectivity index (χ3v) is 4.22. The molecule has 122 valence electrons. The van der Waals surface area contributed by atoms with E-state index in [9.17, 15) is 4.79 Å². The Bertz CT molecular complexity index is 461. The first-order valence-corrected chi connectivity index (χ1v) is 8.75. The molecule has 1 saturated heterocycles. The van der Waals surface area contributed by atoms with Gasteiger partial charge >= 0.3 is 0 Å². The smallest absolute Gasteiger partial charge is 0.255 e. The van der Waals surface area contributed by atoms with E-state index in [4.69, 9.17) is 0 Å². The van der Waals surface area contributed by atoms with Crippen molar-refractivity contribution in [2.24, 2.45) is 0 Å². The van der Waals surface area contributed by atoms with Gasteiger partial charge in [0.05, 0.1) is 17.4 Å². The number of anilines is 1. The first-order valence-electron chi connectivity index (χ1n) is 8.75. The van der Waals surface area contributed by atoms with E-state index in [0.29, 0.717) is 0 Å². The number of amides is 1. The maximum atomic E-state index is 12.7. The second-order valence-corrected chi connectivity index (χ2v) is 6.13. The lowest BCUT2D eigenvalue weighted by Gasteiger charge is -2.25. The number of pyridine rings is 1. The van der Waals surface area contributed by atoms with Gasteiger partial charge in [-0.1, -0.05) is 26.7 Å². The normalized spacial score (nSPS) is 15.5. The van der Waals surface area contributed by atoms with Crippen LogP contribution in [0.2, 0.25) is 0 Å². The minimum absolute atomic E-state index is 0.143. The summed E-state index contributed by atoms with van der Waals surface area (Å²) in [6.45, 7) is 8.16. The van der Waals surface area contributed by atoms with E-state index in [1.165, 1.54) is 12.8 Å². The SMILES string of the molecule is CCCN(CCC)c1cncc(C(=O)N2CCCCCC2)c1. The van der Waals surface area contributed by atoms with E-state index in [0.717, 1.165) is 63.1 Å². The number of hydrogen-bond donors (Lipinski definition) is 0. The van der Waals surface area contributed by atoms with Crippen LogP contribution in [-0.2, 0) is 0 Å². The largest absolute Gasteiger partial charge is 0.370 e. The molecule has 1 aliphatic heterocycles. The predicted molar refractivity (Wildman–Crippen MR) is 91.4 cm³/mol. The summed E-state index contributed by atoms with van der Waals surface area (Å²) in [5.41, 5.74) is 1.81. The number of rotatable bonds is 6. The Balaban J connectivity index is 2.13. The molecule has 0 saturated carbocycles. The fourth-order valence-electron chi connectivity index (χ4n) is 3.08. The van der Waals surface area contributed by atoms with Crippen LogP contribution in [0.1, 0.15) is 62.7 Å². The Hall–Kier alpha value is -1.58. The highest BCUT2D eigenvalue weighted by Gasteiger charge is 2.18. The van der Waals surface area contributed by atoms with Crippen molar-refractivity contribution < 1.29 is 4.79 Å². The van der Waals surface area contributed by atoms with Crippen LogP contribution in [-0.4, -0.2) is 42.0 Å². The molecule has 0 radical (unpaired) electrons. The van der Waals surface area contributed by atoms with Crippen molar-refractivity contribution in [1.82, 2.24) is 9.88 Å². The zero-order chi connectivity index (χ0) is 15.8. The molecule has 0 atom stereocenters. The van der Waals surface area contributed by atoms with Crippen molar-refractivity contribution in [2.45, 2.75) is 52.4 Å². The van der Waals surface area contributed by atoms with Crippen LogP contribution in [0.15, 0.2) is 18.5 Å². The molecule has 0 bridgehead atoms. The van der Waals surface area contributed by atoms with Gasteiger partial charge in [-0.2, -0.15) is 0 Å². The Morgan fingerprint density at radius 1 is 1.09 bits per heavy atom. The van der Waals surface area contributed by atoms with Crippen LogP contribution < -0.4 is 4.90 Å². The Morgan fingerprint density at radius 3 is 2.32 bits per heavy atom. The van der Waals surface area contributed by atoms with E-state index in [1.54, 1.807) is 6.20 Å². The molecular formula is C18H29N3O. The van der Waals surface area contributed by atoms with Crippen LogP contribution in [0.5, 0.6) is 0 Å². The number of carbonyl (C=O) groups excluding carboxylic acids is 1. The molecule has 1 aromatic heterocycles. The Kier molecular flexibility index (Phi) is 6.69. The fraction of sp³-hybridized carbons (Fsp3) is 0.667. The van der Waals surface area contributed by atoms with E-state index >= 15 is 0 Å². The first-order chi connectivity index (χ1) is 10.8. The van der Waals surface area contributed by atoms with Gasteiger partial charge < -0.3 is 9.80 Å². The van der Waals surface area contributed by atoms with Gasteiger partial charge in [0.2, 0.25) is 0 Å². The molecule has 22 heavy (non-hydrogen) atoms. The number of aromatic nitrogens is 1. The van der Waals surface area contributed by atoms with Gasteiger partial charge in [-0.3, -0.25) is 9.78 Å². The average molecular weight is 303 g/mol. The minimum atomic E-state index is 0.143. The van der Waals surface area contributed by atoms with Crippen molar-refractivity contribution in [2.75, 3.05) is 31.1 Å². The third-order valence-electron chi connectivity index (χ3n) is 4.22. The molecule has 2 rings (SSSR count).